The zero-order valence-electron chi connectivity index (χ0n) is 11.9. The molecular formula is C16H15Cl2NO2S. The van der Waals surface area contributed by atoms with Gasteiger partial charge in [-0.1, -0.05) is 23.2 Å². The van der Waals surface area contributed by atoms with E-state index in [0.29, 0.717) is 33.7 Å². The molecule has 0 radical (unpaired) electrons. The van der Waals surface area contributed by atoms with Gasteiger partial charge in [0.15, 0.2) is 0 Å². The summed E-state index contributed by atoms with van der Waals surface area (Å²) in [5.41, 5.74) is 0.660. The van der Waals surface area contributed by atoms with E-state index in [0.717, 1.165) is 4.90 Å². The van der Waals surface area contributed by atoms with E-state index >= 15 is 0 Å². The van der Waals surface area contributed by atoms with Crippen LogP contribution in [0.4, 0.5) is 5.69 Å². The van der Waals surface area contributed by atoms with Gasteiger partial charge in [0.1, 0.15) is 5.75 Å². The van der Waals surface area contributed by atoms with Crippen LogP contribution in [0.1, 0.15) is 6.42 Å². The summed E-state index contributed by atoms with van der Waals surface area (Å²) in [6.07, 6.45) is 0.414. The first-order valence-corrected chi connectivity index (χ1v) is 8.34. The van der Waals surface area contributed by atoms with E-state index in [-0.39, 0.29) is 5.91 Å². The van der Waals surface area contributed by atoms with Crippen LogP contribution in [0.5, 0.6) is 5.75 Å². The van der Waals surface area contributed by atoms with Crippen molar-refractivity contribution < 1.29 is 9.53 Å². The van der Waals surface area contributed by atoms with Gasteiger partial charge in [-0.15, -0.1) is 11.8 Å². The molecule has 0 saturated heterocycles. The molecular weight excluding hydrogens is 341 g/mol. The topological polar surface area (TPSA) is 38.3 Å². The number of carbonyl (C=O) groups is 1. The number of hydrogen-bond donors (Lipinski definition) is 1. The highest BCUT2D eigenvalue weighted by Crippen LogP contribution is 2.27. The molecule has 0 aliphatic heterocycles. The summed E-state index contributed by atoms with van der Waals surface area (Å²) in [4.78, 5) is 13.0. The number of carbonyl (C=O) groups excluding carboxylic acids is 1. The van der Waals surface area contributed by atoms with E-state index in [1.165, 1.54) is 0 Å². The Hall–Kier alpha value is -1.36. The Kier molecular flexibility index (Phi) is 6.43. The SMILES string of the molecule is COc1ccc(NC(=O)CCSc2ccc(Cl)cc2)cc1Cl. The molecule has 0 fully saturated rings. The van der Waals surface area contributed by atoms with Gasteiger partial charge in [-0.25, -0.2) is 0 Å². The van der Waals surface area contributed by atoms with Gasteiger partial charge in [-0.05, 0) is 42.5 Å². The molecule has 0 heterocycles. The van der Waals surface area contributed by atoms with Crippen molar-refractivity contribution in [2.75, 3.05) is 18.2 Å². The standard InChI is InChI=1S/C16H15Cl2NO2S/c1-21-15-7-4-12(10-14(15)18)19-16(20)8-9-22-13-5-2-11(17)3-6-13/h2-7,10H,8-9H2,1H3,(H,19,20). The van der Waals surface area contributed by atoms with Crippen LogP contribution in [0.25, 0.3) is 0 Å². The lowest BCUT2D eigenvalue weighted by Gasteiger charge is -2.08. The first-order valence-electron chi connectivity index (χ1n) is 6.60. The molecule has 1 N–H and O–H groups in total. The van der Waals surface area contributed by atoms with Crippen LogP contribution in [0.3, 0.4) is 0 Å². The van der Waals surface area contributed by atoms with Crippen LogP contribution < -0.4 is 10.1 Å². The summed E-state index contributed by atoms with van der Waals surface area (Å²) >= 11 is 13.5. The molecule has 0 spiro atoms. The van der Waals surface area contributed by atoms with Crippen LogP contribution >= 0.6 is 35.0 Å². The zero-order valence-corrected chi connectivity index (χ0v) is 14.3. The van der Waals surface area contributed by atoms with Gasteiger partial charge in [0, 0.05) is 27.8 Å². The molecule has 0 aliphatic carbocycles. The molecule has 0 aliphatic rings. The molecule has 0 unspecified atom stereocenters. The van der Waals surface area contributed by atoms with Crippen molar-refractivity contribution in [3.05, 3.63) is 52.5 Å². The smallest absolute Gasteiger partial charge is 0.225 e. The number of amides is 1. The number of halogens is 2. The van der Waals surface area contributed by atoms with Gasteiger partial charge in [0.05, 0.1) is 12.1 Å². The van der Waals surface area contributed by atoms with E-state index in [4.69, 9.17) is 27.9 Å². The predicted molar refractivity (Wildman–Crippen MR) is 93.4 cm³/mol. The fourth-order valence-electron chi connectivity index (χ4n) is 1.76. The highest BCUT2D eigenvalue weighted by molar-refractivity contribution is 7.99. The molecule has 0 aromatic heterocycles. The maximum Gasteiger partial charge on any atom is 0.225 e. The van der Waals surface area contributed by atoms with Crippen LogP contribution in [-0.2, 0) is 4.79 Å². The van der Waals surface area contributed by atoms with Gasteiger partial charge in [-0.2, -0.15) is 0 Å². The highest BCUT2D eigenvalue weighted by Gasteiger charge is 2.06. The summed E-state index contributed by atoms with van der Waals surface area (Å²) in [7, 11) is 1.55. The van der Waals surface area contributed by atoms with Crippen molar-refractivity contribution in [2.24, 2.45) is 0 Å². The minimum absolute atomic E-state index is 0.0531. The number of hydrogen-bond acceptors (Lipinski definition) is 3. The maximum atomic E-state index is 11.9. The fraction of sp³-hybridized carbons (Fsp3) is 0.188. The van der Waals surface area contributed by atoms with Crippen LogP contribution in [0.15, 0.2) is 47.4 Å². The molecule has 2 aromatic rings. The zero-order chi connectivity index (χ0) is 15.9. The lowest BCUT2D eigenvalue weighted by atomic mass is 10.3. The van der Waals surface area contributed by atoms with Gasteiger partial charge in [0.25, 0.3) is 0 Å². The van der Waals surface area contributed by atoms with E-state index in [2.05, 4.69) is 5.32 Å². The van der Waals surface area contributed by atoms with Crippen molar-refractivity contribution in [3.8, 4) is 5.75 Å². The maximum absolute atomic E-state index is 11.9. The third-order valence-electron chi connectivity index (χ3n) is 2.85. The number of rotatable bonds is 6. The Morgan fingerprint density at radius 2 is 1.91 bits per heavy atom. The van der Waals surface area contributed by atoms with Crippen molar-refractivity contribution >= 4 is 46.6 Å². The number of methoxy groups -OCH3 is 1. The molecule has 1 amide bonds. The lowest BCUT2D eigenvalue weighted by Crippen LogP contribution is -2.12. The molecule has 0 bridgehead atoms. The quantitative estimate of drug-likeness (QED) is 0.730. The molecule has 2 rings (SSSR count). The first kappa shape index (κ1) is 17.0. The number of ether oxygens (including phenoxy) is 1. The number of benzene rings is 2. The van der Waals surface area contributed by atoms with Crippen molar-refractivity contribution in [1.82, 2.24) is 0 Å². The molecule has 2 aromatic carbocycles. The molecule has 116 valence electrons. The van der Waals surface area contributed by atoms with Crippen molar-refractivity contribution in [2.45, 2.75) is 11.3 Å². The summed E-state index contributed by atoms with van der Waals surface area (Å²) in [6.45, 7) is 0. The average molecular weight is 356 g/mol. The molecule has 6 heteroatoms. The largest absolute Gasteiger partial charge is 0.495 e. The predicted octanol–water partition coefficient (Wildman–Crippen LogP) is 5.12. The van der Waals surface area contributed by atoms with Gasteiger partial charge in [0.2, 0.25) is 5.91 Å². The highest BCUT2D eigenvalue weighted by atomic mass is 35.5. The number of nitrogens with one attached hydrogen (secondary N) is 1. The average Bonchev–Trinajstić information content (AvgIpc) is 2.49. The summed E-state index contributed by atoms with van der Waals surface area (Å²) in [6, 6.07) is 12.7. The summed E-state index contributed by atoms with van der Waals surface area (Å²) in [5.74, 6) is 1.22. The van der Waals surface area contributed by atoms with E-state index in [1.54, 1.807) is 37.1 Å². The van der Waals surface area contributed by atoms with Crippen LogP contribution in [-0.4, -0.2) is 18.8 Å². The lowest BCUT2D eigenvalue weighted by molar-refractivity contribution is -0.115. The Morgan fingerprint density at radius 3 is 2.55 bits per heavy atom. The normalized spacial score (nSPS) is 10.3. The van der Waals surface area contributed by atoms with E-state index in [9.17, 15) is 4.79 Å². The molecule has 0 saturated carbocycles. The number of thioether (sulfide) groups is 1. The Morgan fingerprint density at radius 1 is 1.18 bits per heavy atom. The van der Waals surface area contributed by atoms with E-state index < -0.39 is 0 Å². The third-order valence-corrected chi connectivity index (χ3v) is 4.41. The third kappa shape index (κ3) is 5.13. The summed E-state index contributed by atoms with van der Waals surface area (Å²) in [5, 5.41) is 3.99. The van der Waals surface area contributed by atoms with Gasteiger partial charge in [-0.3, -0.25) is 4.79 Å². The van der Waals surface area contributed by atoms with E-state index in [1.807, 2.05) is 24.3 Å². The second-order valence-electron chi connectivity index (χ2n) is 4.45. The number of anilines is 1. The minimum Gasteiger partial charge on any atom is -0.495 e. The van der Waals surface area contributed by atoms with Crippen molar-refractivity contribution in [3.63, 3.8) is 0 Å². The molecule has 3 nitrogen and oxygen atoms in total. The fourth-order valence-corrected chi connectivity index (χ4v) is 3.00. The van der Waals surface area contributed by atoms with Gasteiger partial charge < -0.3 is 10.1 Å². The second kappa shape index (κ2) is 8.32. The Bertz CT molecular complexity index is 647. The second-order valence-corrected chi connectivity index (χ2v) is 6.46. The Balaban J connectivity index is 1.80. The minimum atomic E-state index is -0.0531. The molecule has 22 heavy (non-hydrogen) atoms. The van der Waals surface area contributed by atoms with Crippen molar-refractivity contribution in [1.29, 1.82) is 0 Å². The molecule has 0 atom stereocenters. The monoisotopic (exact) mass is 355 g/mol. The summed E-state index contributed by atoms with van der Waals surface area (Å²) < 4.78 is 5.07. The van der Waals surface area contributed by atoms with Crippen LogP contribution in [0.2, 0.25) is 10.0 Å². The first-order chi connectivity index (χ1) is 10.6. The Labute approximate surface area is 144 Å². The van der Waals surface area contributed by atoms with Gasteiger partial charge >= 0.3 is 0 Å². The van der Waals surface area contributed by atoms with Crippen LogP contribution in [0, 0.1) is 0 Å².